The molecule has 7 heteroatoms. The Morgan fingerprint density at radius 3 is 2.72 bits per heavy atom. The van der Waals surface area contributed by atoms with Gasteiger partial charge >= 0.3 is 0 Å². The Labute approximate surface area is 169 Å². The zero-order valence-electron chi connectivity index (χ0n) is 16.2. The van der Waals surface area contributed by atoms with Crippen LogP contribution in [0, 0.1) is 12.7 Å². The first-order valence-corrected chi connectivity index (χ1v) is 11.4. The van der Waals surface area contributed by atoms with Gasteiger partial charge in [0.2, 0.25) is 0 Å². The van der Waals surface area contributed by atoms with E-state index in [4.69, 9.17) is 0 Å². The number of pyridine rings is 1. The van der Waals surface area contributed by atoms with E-state index in [1.165, 1.54) is 12.1 Å². The summed E-state index contributed by atoms with van der Waals surface area (Å²) in [5.41, 5.74) is 3.00. The highest BCUT2D eigenvalue weighted by Gasteiger charge is 2.27. The summed E-state index contributed by atoms with van der Waals surface area (Å²) in [6, 6.07) is 13.8. The van der Waals surface area contributed by atoms with Gasteiger partial charge in [0, 0.05) is 18.2 Å². The number of hydrogen-bond acceptors (Lipinski definition) is 4. The molecule has 1 fully saturated rings. The standard InChI is InChI=1S/C22H23FN2O3S/c1-15-5-6-21-17(9-15)11-18(12-24-20-7-8-29(27,28)14-20)22(26)25(21)13-16-3-2-4-19(23)10-16/h2-6,9-11,20,24H,7-8,12-14H2,1H3. The van der Waals surface area contributed by atoms with Crippen LogP contribution in [0.1, 0.15) is 23.1 Å². The molecule has 152 valence electrons. The van der Waals surface area contributed by atoms with Gasteiger partial charge in [-0.3, -0.25) is 4.79 Å². The molecule has 5 nitrogen and oxygen atoms in total. The van der Waals surface area contributed by atoms with Crippen molar-refractivity contribution in [3.05, 3.63) is 81.4 Å². The first-order valence-electron chi connectivity index (χ1n) is 9.62. The number of aryl methyl sites for hydroxylation is 1. The molecule has 1 atom stereocenters. The number of benzene rings is 2. The van der Waals surface area contributed by atoms with Gasteiger partial charge in [-0.1, -0.05) is 23.8 Å². The lowest BCUT2D eigenvalue weighted by atomic mass is 10.1. The van der Waals surface area contributed by atoms with Crippen LogP contribution < -0.4 is 10.9 Å². The van der Waals surface area contributed by atoms with Gasteiger partial charge in [0.1, 0.15) is 5.82 Å². The van der Waals surface area contributed by atoms with Crippen LogP contribution >= 0.6 is 0 Å². The number of fused-ring (bicyclic) bond motifs is 1. The molecule has 1 N–H and O–H groups in total. The molecule has 2 aromatic carbocycles. The van der Waals surface area contributed by atoms with Crippen LogP contribution in [0.3, 0.4) is 0 Å². The highest BCUT2D eigenvalue weighted by molar-refractivity contribution is 7.91. The van der Waals surface area contributed by atoms with E-state index in [0.29, 0.717) is 24.1 Å². The van der Waals surface area contributed by atoms with Crippen LogP contribution in [0.2, 0.25) is 0 Å². The number of hydrogen-bond donors (Lipinski definition) is 1. The summed E-state index contributed by atoms with van der Waals surface area (Å²) in [5, 5.41) is 4.15. The van der Waals surface area contributed by atoms with E-state index < -0.39 is 9.84 Å². The number of aromatic nitrogens is 1. The molecule has 3 aromatic rings. The number of rotatable bonds is 5. The molecule has 1 unspecified atom stereocenters. The second kappa shape index (κ2) is 7.72. The lowest BCUT2D eigenvalue weighted by molar-refractivity contribution is 0.550. The van der Waals surface area contributed by atoms with E-state index in [-0.39, 0.29) is 35.5 Å². The molecule has 1 aromatic heterocycles. The van der Waals surface area contributed by atoms with Gasteiger partial charge in [-0.15, -0.1) is 0 Å². The lowest BCUT2D eigenvalue weighted by Crippen LogP contribution is -2.33. The number of nitrogens with zero attached hydrogens (tertiary/aromatic N) is 1. The SMILES string of the molecule is Cc1ccc2c(c1)cc(CNC1CCS(=O)(=O)C1)c(=O)n2Cc1cccc(F)c1. The molecule has 0 amide bonds. The third kappa shape index (κ3) is 4.41. The van der Waals surface area contributed by atoms with E-state index in [0.717, 1.165) is 16.5 Å². The maximum absolute atomic E-state index is 13.6. The largest absolute Gasteiger partial charge is 0.309 e. The van der Waals surface area contributed by atoms with Crippen LogP contribution in [-0.2, 0) is 22.9 Å². The van der Waals surface area contributed by atoms with Crippen molar-refractivity contribution >= 4 is 20.7 Å². The molecule has 1 aliphatic heterocycles. The summed E-state index contributed by atoms with van der Waals surface area (Å²) in [7, 11) is -2.98. The Bertz CT molecular complexity index is 1230. The minimum Gasteiger partial charge on any atom is -0.309 e. The second-order valence-corrected chi connectivity index (χ2v) is 9.96. The van der Waals surface area contributed by atoms with Crippen molar-refractivity contribution < 1.29 is 12.8 Å². The Balaban J connectivity index is 1.71. The molecule has 0 spiro atoms. The van der Waals surface area contributed by atoms with Crippen molar-refractivity contribution in [2.45, 2.75) is 32.5 Å². The van der Waals surface area contributed by atoms with E-state index >= 15 is 0 Å². The molecule has 0 aliphatic carbocycles. The second-order valence-electron chi connectivity index (χ2n) is 7.73. The van der Waals surface area contributed by atoms with Crippen LogP contribution in [0.4, 0.5) is 4.39 Å². The number of nitrogens with one attached hydrogen (secondary N) is 1. The minimum atomic E-state index is -2.98. The molecule has 29 heavy (non-hydrogen) atoms. The Morgan fingerprint density at radius 2 is 2.00 bits per heavy atom. The molecule has 0 saturated carbocycles. The van der Waals surface area contributed by atoms with Crippen molar-refractivity contribution in [2.24, 2.45) is 0 Å². The van der Waals surface area contributed by atoms with Crippen molar-refractivity contribution in [1.29, 1.82) is 0 Å². The molecule has 1 aliphatic rings. The molecule has 4 rings (SSSR count). The first kappa shape index (κ1) is 19.8. The normalized spacial score (nSPS) is 18.3. The maximum Gasteiger partial charge on any atom is 0.255 e. The van der Waals surface area contributed by atoms with Gasteiger partial charge in [0.05, 0.1) is 23.6 Å². The molecule has 0 bridgehead atoms. The van der Waals surface area contributed by atoms with Crippen molar-refractivity contribution in [2.75, 3.05) is 11.5 Å². The van der Waals surface area contributed by atoms with Crippen molar-refractivity contribution in [1.82, 2.24) is 9.88 Å². The van der Waals surface area contributed by atoms with Gasteiger partial charge in [-0.2, -0.15) is 0 Å². The summed E-state index contributed by atoms with van der Waals surface area (Å²) in [6.07, 6.45) is 0.562. The predicted molar refractivity (Wildman–Crippen MR) is 112 cm³/mol. The highest BCUT2D eigenvalue weighted by atomic mass is 32.2. The summed E-state index contributed by atoms with van der Waals surface area (Å²) < 4.78 is 38.6. The van der Waals surface area contributed by atoms with E-state index in [1.54, 1.807) is 16.7 Å². The van der Waals surface area contributed by atoms with Crippen LogP contribution in [0.5, 0.6) is 0 Å². The van der Waals surface area contributed by atoms with Crippen molar-refractivity contribution in [3.8, 4) is 0 Å². The quantitative estimate of drug-likeness (QED) is 0.697. The topological polar surface area (TPSA) is 68.2 Å². The average molecular weight is 415 g/mol. The fourth-order valence-corrected chi connectivity index (χ4v) is 5.59. The minimum absolute atomic E-state index is 0.108. The Hall–Kier alpha value is -2.51. The maximum atomic E-state index is 13.6. The zero-order valence-corrected chi connectivity index (χ0v) is 17.0. The smallest absolute Gasteiger partial charge is 0.255 e. The zero-order chi connectivity index (χ0) is 20.6. The molecule has 2 heterocycles. The molecular weight excluding hydrogens is 391 g/mol. The van der Waals surface area contributed by atoms with Gasteiger partial charge in [0.25, 0.3) is 5.56 Å². The third-order valence-electron chi connectivity index (χ3n) is 5.37. The van der Waals surface area contributed by atoms with Gasteiger partial charge in [-0.25, -0.2) is 12.8 Å². The molecule has 1 saturated heterocycles. The first-order chi connectivity index (χ1) is 13.8. The monoisotopic (exact) mass is 414 g/mol. The van der Waals surface area contributed by atoms with Crippen LogP contribution in [0.25, 0.3) is 10.9 Å². The summed E-state index contributed by atoms with van der Waals surface area (Å²) >= 11 is 0. The highest BCUT2D eigenvalue weighted by Crippen LogP contribution is 2.18. The summed E-state index contributed by atoms with van der Waals surface area (Å²) in [5.74, 6) is -0.0429. The molecular formula is C22H23FN2O3S. The van der Waals surface area contributed by atoms with Crippen LogP contribution in [0.15, 0.2) is 53.3 Å². The summed E-state index contributed by atoms with van der Waals surface area (Å²) in [6.45, 7) is 2.55. The van der Waals surface area contributed by atoms with E-state index in [2.05, 4.69) is 5.32 Å². The van der Waals surface area contributed by atoms with Gasteiger partial charge in [0.15, 0.2) is 9.84 Å². The Morgan fingerprint density at radius 1 is 1.17 bits per heavy atom. The van der Waals surface area contributed by atoms with Crippen molar-refractivity contribution in [3.63, 3.8) is 0 Å². The Kier molecular flexibility index (Phi) is 5.27. The number of halogens is 1. The molecule has 0 radical (unpaired) electrons. The van der Waals surface area contributed by atoms with Crippen LogP contribution in [-0.4, -0.2) is 30.5 Å². The van der Waals surface area contributed by atoms with Gasteiger partial charge < -0.3 is 9.88 Å². The van der Waals surface area contributed by atoms with Gasteiger partial charge in [-0.05, 0) is 54.6 Å². The summed E-state index contributed by atoms with van der Waals surface area (Å²) in [4.78, 5) is 13.2. The third-order valence-corrected chi connectivity index (χ3v) is 7.13. The fourth-order valence-electron chi connectivity index (χ4n) is 3.88. The number of sulfone groups is 1. The van der Waals surface area contributed by atoms with E-state index in [1.807, 2.05) is 31.2 Å². The fraction of sp³-hybridized carbons (Fsp3) is 0.318. The van der Waals surface area contributed by atoms with E-state index in [9.17, 15) is 17.6 Å². The average Bonchev–Trinajstić information content (AvgIpc) is 3.01. The lowest BCUT2D eigenvalue weighted by Gasteiger charge is -2.16. The predicted octanol–water partition coefficient (Wildman–Crippen LogP) is 2.77.